The molecule has 0 spiro atoms. The topological polar surface area (TPSA) is 84.8 Å². The number of H-pyrrole nitrogens is 1. The molecular weight excluding hydrogens is 306 g/mol. The fraction of sp³-hybridized carbons (Fsp3) is 0.353. The molecule has 4 rings (SSSR count). The van der Waals surface area contributed by atoms with Gasteiger partial charge in [0.05, 0.1) is 17.2 Å². The summed E-state index contributed by atoms with van der Waals surface area (Å²) in [6.07, 6.45) is 1.07. The fourth-order valence-electron chi connectivity index (χ4n) is 3.27. The van der Waals surface area contributed by atoms with E-state index in [-0.39, 0.29) is 12.0 Å². The van der Waals surface area contributed by atoms with E-state index in [1.807, 2.05) is 44.3 Å². The quantitative estimate of drug-likeness (QED) is 0.775. The summed E-state index contributed by atoms with van der Waals surface area (Å²) in [5.74, 6) is 0.426. The Kier molecular flexibility index (Phi) is 3.57. The first-order valence-electron chi connectivity index (χ1n) is 8.02. The predicted octanol–water partition coefficient (Wildman–Crippen LogP) is 2.46. The third-order valence-corrected chi connectivity index (χ3v) is 4.45. The summed E-state index contributed by atoms with van der Waals surface area (Å²) in [5.41, 5.74) is 2.66. The van der Waals surface area contributed by atoms with E-state index in [0.29, 0.717) is 12.2 Å². The van der Waals surface area contributed by atoms with Crippen LogP contribution in [0.5, 0.6) is 0 Å². The highest BCUT2D eigenvalue weighted by atomic mass is 16.5. The summed E-state index contributed by atoms with van der Waals surface area (Å²) in [7, 11) is 1.83. The zero-order chi connectivity index (χ0) is 16.7. The number of nitrogens with one attached hydrogen (secondary N) is 2. The number of hydrogen-bond donors (Lipinski definition) is 2. The standard InChI is InChI=1S/C17H19N5O2/c1-10-14-15(19-20-16(14)22(2)21-10)18-17(23)13-9-8-12(24-13)11-6-4-3-5-7-11/h3-7,12-13H,8-9H2,1-2H3,(H2,18,19,20,23)/t12-,13+/m0/s1. The first-order chi connectivity index (χ1) is 11.6. The molecule has 2 atom stereocenters. The van der Waals surface area contributed by atoms with Crippen molar-refractivity contribution >= 4 is 22.8 Å². The minimum atomic E-state index is -0.453. The van der Waals surface area contributed by atoms with Gasteiger partial charge in [-0.1, -0.05) is 30.3 Å². The number of rotatable bonds is 3. The van der Waals surface area contributed by atoms with Crippen molar-refractivity contribution in [2.24, 2.45) is 7.05 Å². The van der Waals surface area contributed by atoms with Crippen molar-refractivity contribution in [2.75, 3.05) is 5.32 Å². The van der Waals surface area contributed by atoms with E-state index in [1.165, 1.54) is 0 Å². The first kappa shape index (κ1) is 14.9. The molecule has 1 saturated heterocycles. The average molecular weight is 325 g/mol. The summed E-state index contributed by atoms with van der Waals surface area (Å²) in [4.78, 5) is 12.5. The van der Waals surface area contributed by atoms with Crippen LogP contribution in [0, 0.1) is 6.92 Å². The van der Waals surface area contributed by atoms with Crippen molar-refractivity contribution in [1.29, 1.82) is 0 Å². The molecule has 124 valence electrons. The number of anilines is 1. The summed E-state index contributed by atoms with van der Waals surface area (Å²) >= 11 is 0. The Balaban J connectivity index is 1.49. The van der Waals surface area contributed by atoms with E-state index in [2.05, 4.69) is 20.6 Å². The van der Waals surface area contributed by atoms with E-state index in [4.69, 9.17) is 4.74 Å². The van der Waals surface area contributed by atoms with Gasteiger partial charge in [-0.3, -0.25) is 9.89 Å². The van der Waals surface area contributed by atoms with Crippen LogP contribution in [0.3, 0.4) is 0 Å². The lowest BCUT2D eigenvalue weighted by molar-refractivity contribution is -0.126. The molecule has 1 aromatic carbocycles. The second-order valence-electron chi connectivity index (χ2n) is 6.10. The minimum absolute atomic E-state index is 0.0242. The SMILES string of the molecule is Cc1nn(C)c2n[nH]c(NC(=O)[C@H]3CC[C@@H](c4ccccc4)O3)c12. The van der Waals surface area contributed by atoms with E-state index in [9.17, 15) is 4.79 Å². The van der Waals surface area contributed by atoms with Crippen LogP contribution in [-0.4, -0.2) is 32.0 Å². The number of aryl methyl sites for hydroxylation is 2. The smallest absolute Gasteiger partial charge is 0.254 e. The average Bonchev–Trinajstić information content (AvgIpc) is 3.28. The minimum Gasteiger partial charge on any atom is -0.360 e. The number of ether oxygens (including phenoxy) is 1. The number of aromatic nitrogens is 4. The lowest BCUT2D eigenvalue weighted by Crippen LogP contribution is -2.27. The Labute approximate surface area is 139 Å². The largest absolute Gasteiger partial charge is 0.360 e. The van der Waals surface area contributed by atoms with Gasteiger partial charge in [0.15, 0.2) is 5.65 Å². The molecule has 3 aromatic rings. The maximum Gasteiger partial charge on any atom is 0.254 e. The first-order valence-corrected chi connectivity index (χ1v) is 8.02. The van der Waals surface area contributed by atoms with E-state index in [0.717, 1.165) is 28.7 Å². The number of carbonyl (C=O) groups excluding carboxylic acids is 1. The lowest BCUT2D eigenvalue weighted by atomic mass is 10.1. The highest BCUT2D eigenvalue weighted by molar-refractivity contribution is 6.01. The molecule has 0 aliphatic carbocycles. The third kappa shape index (κ3) is 2.46. The van der Waals surface area contributed by atoms with Crippen LogP contribution in [0.1, 0.15) is 30.2 Å². The molecule has 1 amide bonds. The molecule has 1 aliphatic heterocycles. The summed E-state index contributed by atoms with van der Waals surface area (Å²) < 4.78 is 7.63. The molecule has 24 heavy (non-hydrogen) atoms. The highest BCUT2D eigenvalue weighted by Crippen LogP contribution is 2.33. The van der Waals surface area contributed by atoms with Gasteiger partial charge in [-0.2, -0.15) is 10.2 Å². The Morgan fingerprint density at radius 1 is 1.33 bits per heavy atom. The predicted molar refractivity (Wildman–Crippen MR) is 89.5 cm³/mol. The van der Waals surface area contributed by atoms with Gasteiger partial charge in [0.1, 0.15) is 11.9 Å². The lowest BCUT2D eigenvalue weighted by Gasteiger charge is -2.13. The van der Waals surface area contributed by atoms with Gasteiger partial charge in [0.2, 0.25) is 0 Å². The zero-order valence-corrected chi connectivity index (χ0v) is 13.6. The number of nitrogens with zero attached hydrogens (tertiary/aromatic N) is 3. The van der Waals surface area contributed by atoms with Crippen molar-refractivity contribution in [2.45, 2.75) is 32.0 Å². The van der Waals surface area contributed by atoms with Gasteiger partial charge in [-0.15, -0.1) is 0 Å². The van der Waals surface area contributed by atoms with Gasteiger partial charge >= 0.3 is 0 Å². The Hall–Kier alpha value is -2.67. The second-order valence-corrected chi connectivity index (χ2v) is 6.10. The number of fused-ring (bicyclic) bond motifs is 1. The number of amides is 1. The molecule has 7 heteroatoms. The van der Waals surface area contributed by atoms with Crippen molar-refractivity contribution in [3.63, 3.8) is 0 Å². The molecule has 2 N–H and O–H groups in total. The van der Waals surface area contributed by atoms with E-state index in [1.54, 1.807) is 4.68 Å². The number of aromatic amines is 1. The normalized spacial score (nSPS) is 20.6. The van der Waals surface area contributed by atoms with E-state index < -0.39 is 6.10 Å². The molecule has 0 unspecified atom stereocenters. The third-order valence-electron chi connectivity index (χ3n) is 4.45. The van der Waals surface area contributed by atoms with Crippen molar-refractivity contribution in [1.82, 2.24) is 20.0 Å². The summed E-state index contributed by atoms with van der Waals surface area (Å²) in [5, 5.41) is 15.1. The van der Waals surface area contributed by atoms with Crippen molar-refractivity contribution in [3.8, 4) is 0 Å². The Bertz CT molecular complexity index is 883. The van der Waals surface area contributed by atoms with Crippen LogP contribution in [0.2, 0.25) is 0 Å². The van der Waals surface area contributed by atoms with Gasteiger partial charge in [0, 0.05) is 7.05 Å². The van der Waals surface area contributed by atoms with E-state index >= 15 is 0 Å². The van der Waals surface area contributed by atoms with Crippen LogP contribution < -0.4 is 5.32 Å². The molecule has 1 fully saturated rings. The molecule has 7 nitrogen and oxygen atoms in total. The number of hydrogen-bond acceptors (Lipinski definition) is 4. The van der Waals surface area contributed by atoms with Gasteiger partial charge in [-0.05, 0) is 25.3 Å². The zero-order valence-electron chi connectivity index (χ0n) is 13.6. The molecule has 1 aliphatic rings. The Morgan fingerprint density at radius 2 is 2.12 bits per heavy atom. The molecular formula is C17H19N5O2. The molecule has 3 heterocycles. The van der Waals surface area contributed by atoms with Crippen molar-refractivity contribution < 1.29 is 9.53 Å². The van der Waals surface area contributed by atoms with Gasteiger partial charge in [0.25, 0.3) is 5.91 Å². The van der Waals surface area contributed by atoms with Gasteiger partial charge in [-0.25, -0.2) is 4.68 Å². The van der Waals surface area contributed by atoms with Crippen LogP contribution in [0.4, 0.5) is 5.82 Å². The summed E-state index contributed by atoms with van der Waals surface area (Å²) in [6.45, 7) is 1.89. The number of benzene rings is 1. The highest BCUT2D eigenvalue weighted by Gasteiger charge is 2.32. The van der Waals surface area contributed by atoms with Crippen LogP contribution in [-0.2, 0) is 16.6 Å². The van der Waals surface area contributed by atoms with Crippen molar-refractivity contribution in [3.05, 3.63) is 41.6 Å². The monoisotopic (exact) mass is 325 g/mol. The van der Waals surface area contributed by atoms with Crippen LogP contribution in [0.25, 0.3) is 11.0 Å². The van der Waals surface area contributed by atoms with Gasteiger partial charge < -0.3 is 10.1 Å². The molecule has 0 saturated carbocycles. The Morgan fingerprint density at radius 3 is 2.92 bits per heavy atom. The van der Waals surface area contributed by atoms with Crippen LogP contribution in [0.15, 0.2) is 30.3 Å². The van der Waals surface area contributed by atoms with Crippen LogP contribution >= 0.6 is 0 Å². The molecule has 0 radical (unpaired) electrons. The summed E-state index contributed by atoms with van der Waals surface area (Å²) in [6, 6.07) is 10.0. The maximum absolute atomic E-state index is 12.5. The molecule has 2 aromatic heterocycles. The molecule has 0 bridgehead atoms. The maximum atomic E-state index is 12.5. The number of carbonyl (C=O) groups is 1. The second kappa shape index (κ2) is 5.76. The fourth-order valence-corrected chi connectivity index (χ4v) is 3.27.